The highest BCUT2D eigenvalue weighted by atomic mass is 32.1. The maximum absolute atomic E-state index is 12.1. The molecule has 1 aliphatic rings. The van der Waals surface area contributed by atoms with Gasteiger partial charge in [-0.1, -0.05) is 19.3 Å². The lowest BCUT2D eigenvalue weighted by molar-refractivity contribution is 0.197. The number of aryl methyl sites for hydroxylation is 2. The van der Waals surface area contributed by atoms with E-state index in [1.807, 2.05) is 6.92 Å². The van der Waals surface area contributed by atoms with Crippen molar-refractivity contribution in [3.8, 4) is 0 Å². The Bertz CT molecular complexity index is 479. The third-order valence-electron chi connectivity index (χ3n) is 4.67. The van der Waals surface area contributed by atoms with Gasteiger partial charge in [0.15, 0.2) is 0 Å². The number of carbonyl (C=O) groups excluding carboxylic acids is 1. The minimum absolute atomic E-state index is 0.0876. The molecular formula is C17H29N3O2S. The number of aliphatic hydroxyl groups is 1. The number of urea groups is 1. The van der Waals surface area contributed by atoms with E-state index in [0.29, 0.717) is 18.9 Å². The van der Waals surface area contributed by atoms with Crippen molar-refractivity contribution in [2.75, 3.05) is 13.2 Å². The minimum Gasteiger partial charge on any atom is -0.396 e. The Balaban J connectivity index is 1.74. The Morgan fingerprint density at radius 2 is 2.09 bits per heavy atom. The molecule has 23 heavy (non-hydrogen) atoms. The standard InChI is InChI=1S/C17H29N3O2S/c1-12-13(2)23-16(19-12)8-10-18-17(22)20-15(9-11-21)14-6-4-3-5-7-14/h14-15,21H,3-11H2,1-2H3,(H2,18,20,22). The maximum atomic E-state index is 12.1. The minimum atomic E-state index is -0.126. The lowest BCUT2D eigenvalue weighted by Crippen LogP contribution is -2.46. The maximum Gasteiger partial charge on any atom is 0.315 e. The Kier molecular flexibility index (Phi) is 7.30. The van der Waals surface area contributed by atoms with Gasteiger partial charge in [0, 0.05) is 30.5 Å². The molecule has 2 rings (SSSR count). The Morgan fingerprint density at radius 1 is 1.35 bits per heavy atom. The van der Waals surface area contributed by atoms with Gasteiger partial charge in [-0.05, 0) is 39.0 Å². The fourth-order valence-corrected chi connectivity index (χ4v) is 4.18. The van der Waals surface area contributed by atoms with Crippen molar-refractivity contribution < 1.29 is 9.90 Å². The lowest BCUT2D eigenvalue weighted by Gasteiger charge is -2.30. The number of thiazole rings is 1. The summed E-state index contributed by atoms with van der Waals surface area (Å²) in [6.07, 6.45) is 7.48. The van der Waals surface area contributed by atoms with Gasteiger partial charge < -0.3 is 15.7 Å². The van der Waals surface area contributed by atoms with Crippen molar-refractivity contribution in [2.45, 2.75) is 64.8 Å². The van der Waals surface area contributed by atoms with Gasteiger partial charge in [-0.3, -0.25) is 0 Å². The van der Waals surface area contributed by atoms with Crippen LogP contribution in [0.25, 0.3) is 0 Å². The Labute approximate surface area is 142 Å². The molecule has 0 saturated heterocycles. The summed E-state index contributed by atoms with van der Waals surface area (Å²) in [7, 11) is 0. The van der Waals surface area contributed by atoms with Gasteiger partial charge in [0.05, 0.1) is 10.7 Å². The summed E-state index contributed by atoms with van der Waals surface area (Å²) in [6, 6.07) is -0.0383. The molecule has 130 valence electrons. The van der Waals surface area contributed by atoms with Crippen LogP contribution >= 0.6 is 11.3 Å². The molecule has 0 aliphatic heterocycles. The van der Waals surface area contributed by atoms with Crippen LogP contribution in [0, 0.1) is 19.8 Å². The molecule has 0 bridgehead atoms. The van der Waals surface area contributed by atoms with Gasteiger partial charge in [-0.2, -0.15) is 0 Å². The Hall–Kier alpha value is -1.14. The first kappa shape index (κ1) is 18.2. The zero-order chi connectivity index (χ0) is 16.7. The predicted octanol–water partition coefficient (Wildman–Crippen LogP) is 2.93. The molecule has 1 heterocycles. The van der Waals surface area contributed by atoms with Crippen LogP contribution in [0.2, 0.25) is 0 Å². The van der Waals surface area contributed by atoms with Gasteiger partial charge in [-0.25, -0.2) is 9.78 Å². The summed E-state index contributed by atoms with van der Waals surface area (Å²) in [5.74, 6) is 0.505. The van der Waals surface area contributed by atoms with E-state index in [-0.39, 0.29) is 18.7 Å². The number of rotatable bonds is 7. The smallest absolute Gasteiger partial charge is 0.315 e. The quantitative estimate of drug-likeness (QED) is 0.715. The van der Waals surface area contributed by atoms with Crippen LogP contribution in [0.15, 0.2) is 0 Å². The van der Waals surface area contributed by atoms with Crippen LogP contribution in [0.3, 0.4) is 0 Å². The highest BCUT2D eigenvalue weighted by Crippen LogP contribution is 2.27. The second kappa shape index (κ2) is 9.23. The third kappa shape index (κ3) is 5.77. The highest BCUT2D eigenvalue weighted by molar-refractivity contribution is 7.11. The van der Waals surface area contributed by atoms with E-state index < -0.39 is 0 Å². The predicted molar refractivity (Wildman–Crippen MR) is 93.9 cm³/mol. The molecule has 1 aromatic rings. The zero-order valence-corrected chi connectivity index (χ0v) is 15.0. The second-order valence-electron chi connectivity index (χ2n) is 6.42. The average Bonchev–Trinajstić information content (AvgIpc) is 2.86. The number of nitrogens with zero attached hydrogens (tertiary/aromatic N) is 1. The molecular weight excluding hydrogens is 310 g/mol. The molecule has 3 N–H and O–H groups in total. The van der Waals surface area contributed by atoms with E-state index in [9.17, 15) is 9.90 Å². The zero-order valence-electron chi connectivity index (χ0n) is 14.2. The number of nitrogens with one attached hydrogen (secondary N) is 2. The van der Waals surface area contributed by atoms with Gasteiger partial charge in [0.1, 0.15) is 0 Å². The third-order valence-corrected chi connectivity index (χ3v) is 5.81. The van der Waals surface area contributed by atoms with Crippen molar-refractivity contribution in [1.29, 1.82) is 0 Å². The first-order valence-electron chi connectivity index (χ1n) is 8.68. The summed E-state index contributed by atoms with van der Waals surface area (Å²) in [4.78, 5) is 17.8. The summed E-state index contributed by atoms with van der Waals surface area (Å²) in [5, 5.41) is 16.3. The molecule has 1 fully saturated rings. The van der Waals surface area contributed by atoms with Crippen LogP contribution in [-0.4, -0.2) is 35.3 Å². The van der Waals surface area contributed by atoms with Gasteiger partial charge in [-0.15, -0.1) is 11.3 Å². The number of carbonyl (C=O) groups is 1. The number of hydrogen-bond donors (Lipinski definition) is 3. The van der Waals surface area contributed by atoms with E-state index in [0.717, 1.165) is 30.0 Å². The van der Waals surface area contributed by atoms with Crippen LogP contribution in [0.4, 0.5) is 4.79 Å². The molecule has 0 aromatic carbocycles. The first-order valence-corrected chi connectivity index (χ1v) is 9.50. The van der Waals surface area contributed by atoms with Gasteiger partial charge in [0.25, 0.3) is 0 Å². The van der Waals surface area contributed by atoms with Crippen molar-refractivity contribution in [2.24, 2.45) is 5.92 Å². The molecule has 6 heteroatoms. The molecule has 1 atom stereocenters. The van der Waals surface area contributed by atoms with E-state index >= 15 is 0 Å². The number of hydrogen-bond acceptors (Lipinski definition) is 4. The topological polar surface area (TPSA) is 74.2 Å². The molecule has 2 amide bonds. The molecule has 1 aromatic heterocycles. The monoisotopic (exact) mass is 339 g/mol. The van der Waals surface area contributed by atoms with Crippen LogP contribution < -0.4 is 10.6 Å². The highest BCUT2D eigenvalue weighted by Gasteiger charge is 2.24. The molecule has 0 radical (unpaired) electrons. The number of aliphatic hydroxyl groups excluding tert-OH is 1. The Morgan fingerprint density at radius 3 is 2.70 bits per heavy atom. The van der Waals surface area contributed by atoms with Crippen molar-refractivity contribution in [3.63, 3.8) is 0 Å². The summed E-state index contributed by atoms with van der Waals surface area (Å²) in [6.45, 7) is 4.80. The summed E-state index contributed by atoms with van der Waals surface area (Å²) < 4.78 is 0. The van der Waals surface area contributed by atoms with Crippen LogP contribution in [-0.2, 0) is 6.42 Å². The fourth-order valence-electron chi connectivity index (χ4n) is 3.25. The molecule has 0 spiro atoms. The average molecular weight is 340 g/mol. The van der Waals surface area contributed by atoms with Crippen LogP contribution in [0.1, 0.15) is 54.1 Å². The normalized spacial score (nSPS) is 17.0. The summed E-state index contributed by atoms with van der Waals surface area (Å²) in [5.41, 5.74) is 1.08. The molecule has 1 aliphatic carbocycles. The first-order chi connectivity index (χ1) is 11.1. The van der Waals surface area contributed by atoms with Gasteiger partial charge in [0.2, 0.25) is 0 Å². The number of amides is 2. The van der Waals surface area contributed by atoms with Crippen molar-refractivity contribution in [3.05, 3.63) is 15.6 Å². The van der Waals surface area contributed by atoms with E-state index in [4.69, 9.17) is 0 Å². The second-order valence-corrected chi connectivity index (χ2v) is 7.70. The largest absolute Gasteiger partial charge is 0.396 e. The van der Waals surface area contributed by atoms with E-state index in [1.54, 1.807) is 11.3 Å². The van der Waals surface area contributed by atoms with Crippen LogP contribution in [0.5, 0.6) is 0 Å². The molecule has 1 unspecified atom stereocenters. The summed E-state index contributed by atoms with van der Waals surface area (Å²) >= 11 is 1.69. The molecule has 1 saturated carbocycles. The molecule has 5 nitrogen and oxygen atoms in total. The fraction of sp³-hybridized carbons (Fsp3) is 0.765. The number of aromatic nitrogens is 1. The van der Waals surface area contributed by atoms with E-state index in [1.165, 1.54) is 24.1 Å². The van der Waals surface area contributed by atoms with Gasteiger partial charge >= 0.3 is 6.03 Å². The van der Waals surface area contributed by atoms with Crippen molar-refractivity contribution in [1.82, 2.24) is 15.6 Å². The lowest BCUT2D eigenvalue weighted by atomic mass is 9.83. The van der Waals surface area contributed by atoms with Crippen molar-refractivity contribution >= 4 is 17.4 Å². The van der Waals surface area contributed by atoms with E-state index in [2.05, 4.69) is 22.5 Å². The SMILES string of the molecule is Cc1nc(CCNC(=O)NC(CCO)C2CCCCC2)sc1C.